The van der Waals surface area contributed by atoms with Gasteiger partial charge in [-0.15, -0.1) is 0 Å². The summed E-state index contributed by atoms with van der Waals surface area (Å²) in [5.41, 5.74) is 1.71. The average molecular weight is 459 g/mol. The Labute approximate surface area is 194 Å². The zero-order valence-electron chi connectivity index (χ0n) is 19.5. The molecule has 0 saturated heterocycles. The summed E-state index contributed by atoms with van der Waals surface area (Å²) in [5.74, 6) is 0.521. The number of anilines is 1. The number of alkyl carbamates (subject to hydrolysis) is 1. The van der Waals surface area contributed by atoms with E-state index in [4.69, 9.17) is 9.47 Å². The number of imidazole rings is 1. The van der Waals surface area contributed by atoms with E-state index in [1.54, 1.807) is 12.4 Å². The highest BCUT2D eigenvalue weighted by Crippen LogP contribution is 2.30. The normalized spacial score (nSPS) is 16.3. The van der Waals surface area contributed by atoms with Crippen LogP contribution >= 0.6 is 0 Å². The van der Waals surface area contributed by atoms with Crippen molar-refractivity contribution in [3.63, 3.8) is 0 Å². The molecular formula is C24H34N4O5. The standard InChI is InChI=1S/C24H34N4O5/c1-24(2,3)15-32-23(31)28-19(21(29)30)14-16-6-9-20-17(13-16)7-8-18(33-20)5-4-10-25-22-26-11-12-27-22/h6,9,11-13,18-19H,4-5,7-8,10,14-15H2,1-3H3,(H,28,31)(H,29,30)(H2,25,26,27)/t18?,19-/m0/s1. The van der Waals surface area contributed by atoms with Gasteiger partial charge in [0.2, 0.25) is 0 Å². The van der Waals surface area contributed by atoms with Gasteiger partial charge >= 0.3 is 12.1 Å². The second-order valence-electron chi connectivity index (χ2n) is 9.60. The Morgan fingerprint density at radius 2 is 2.18 bits per heavy atom. The lowest BCUT2D eigenvalue weighted by atomic mass is 9.96. The molecule has 1 aliphatic rings. The lowest BCUT2D eigenvalue weighted by molar-refractivity contribution is -0.139. The Morgan fingerprint density at radius 3 is 2.88 bits per heavy atom. The molecule has 33 heavy (non-hydrogen) atoms. The minimum Gasteiger partial charge on any atom is -0.490 e. The number of fused-ring (bicyclic) bond motifs is 1. The monoisotopic (exact) mass is 458 g/mol. The van der Waals surface area contributed by atoms with Gasteiger partial charge in [0.1, 0.15) is 11.8 Å². The van der Waals surface area contributed by atoms with Gasteiger partial charge in [-0.25, -0.2) is 14.6 Å². The molecule has 0 radical (unpaired) electrons. The minimum atomic E-state index is -1.10. The van der Waals surface area contributed by atoms with Crippen molar-refractivity contribution in [3.05, 3.63) is 41.7 Å². The van der Waals surface area contributed by atoms with Crippen molar-refractivity contribution in [1.82, 2.24) is 15.3 Å². The molecule has 0 bridgehead atoms. The molecule has 1 unspecified atom stereocenters. The largest absolute Gasteiger partial charge is 0.490 e. The van der Waals surface area contributed by atoms with Gasteiger partial charge in [-0.2, -0.15) is 0 Å². The molecule has 3 rings (SSSR count). The van der Waals surface area contributed by atoms with Crippen LogP contribution in [0.4, 0.5) is 10.7 Å². The molecule has 1 aliphatic heterocycles. The number of aryl methyl sites for hydroxylation is 1. The minimum absolute atomic E-state index is 0.160. The maximum Gasteiger partial charge on any atom is 0.407 e. The van der Waals surface area contributed by atoms with Crippen molar-refractivity contribution in [3.8, 4) is 5.75 Å². The van der Waals surface area contributed by atoms with E-state index in [2.05, 4.69) is 20.6 Å². The number of rotatable bonds is 10. The van der Waals surface area contributed by atoms with E-state index in [0.717, 1.165) is 55.1 Å². The first-order valence-corrected chi connectivity index (χ1v) is 11.4. The number of carbonyl (C=O) groups excluding carboxylic acids is 1. The first-order chi connectivity index (χ1) is 15.7. The zero-order chi connectivity index (χ0) is 23.8. The van der Waals surface area contributed by atoms with E-state index in [1.165, 1.54) is 0 Å². The van der Waals surface area contributed by atoms with Crippen LogP contribution in [-0.2, 0) is 22.4 Å². The molecule has 0 fully saturated rings. The zero-order valence-corrected chi connectivity index (χ0v) is 19.5. The summed E-state index contributed by atoms with van der Waals surface area (Å²) in [4.78, 5) is 30.8. The van der Waals surface area contributed by atoms with E-state index < -0.39 is 18.1 Å². The van der Waals surface area contributed by atoms with Gasteiger partial charge in [0.15, 0.2) is 5.95 Å². The topological polar surface area (TPSA) is 126 Å². The third-order valence-electron chi connectivity index (χ3n) is 5.31. The summed E-state index contributed by atoms with van der Waals surface area (Å²) >= 11 is 0. The van der Waals surface area contributed by atoms with Crippen molar-refractivity contribution in [2.45, 2.75) is 65.0 Å². The van der Waals surface area contributed by atoms with E-state index >= 15 is 0 Å². The van der Waals surface area contributed by atoms with Gasteiger partial charge in [-0.3, -0.25) is 0 Å². The van der Waals surface area contributed by atoms with E-state index in [0.29, 0.717) is 0 Å². The molecule has 1 aromatic heterocycles. The molecule has 2 heterocycles. The van der Waals surface area contributed by atoms with Crippen molar-refractivity contribution >= 4 is 18.0 Å². The quantitative estimate of drug-likeness (QED) is 0.399. The predicted molar refractivity (Wildman–Crippen MR) is 125 cm³/mol. The number of nitrogens with one attached hydrogen (secondary N) is 3. The van der Waals surface area contributed by atoms with Crippen LogP contribution in [0, 0.1) is 5.41 Å². The Balaban J connectivity index is 1.48. The highest BCUT2D eigenvalue weighted by molar-refractivity contribution is 5.80. The fraction of sp³-hybridized carbons (Fsp3) is 0.542. The van der Waals surface area contributed by atoms with Crippen LogP contribution in [-0.4, -0.2) is 52.4 Å². The Morgan fingerprint density at radius 1 is 1.36 bits per heavy atom. The number of nitrogens with zero attached hydrogens (tertiary/aromatic N) is 1. The maximum absolute atomic E-state index is 12.0. The number of aliphatic carboxylic acids is 1. The number of carbonyl (C=O) groups is 2. The summed E-state index contributed by atoms with van der Waals surface area (Å²) in [5, 5.41) is 15.2. The molecular weight excluding hydrogens is 424 g/mol. The lowest BCUT2D eigenvalue weighted by Gasteiger charge is -2.27. The number of amides is 1. The average Bonchev–Trinajstić information content (AvgIpc) is 3.28. The fourth-order valence-corrected chi connectivity index (χ4v) is 3.63. The molecule has 9 heteroatoms. The molecule has 1 amide bonds. The third-order valence-corrected chi connectivity index (χ3v) is 5.31. The molecule has 180 valence electrons. The van der Waals surface area contributed by atoms with Crippen LogP contribution in [0.1, 0.15) is 51.2 Å². The summed E-state index contributed by atoms with van der Waals surface area (Å²) in [6.07, 6.45) is 6.81. The number of benzene rings is 1. The maximum atomic E-state index is 12.0. The number of H-pyrrole nitrogens is 1. The molecule has 1 aromatic carbocycles. The smallest absolute Gasteiger partial charge is 0.407 e. The SMILES string of the molecule is CC(C)(C)COC(=O)N[C@@H](Cc1ccc2c(c1)CCC(CCCNc1ncc[nH]1)O2)C(=O)O. The Bertz CT molecular complexity index is 923. The lowest BCUT2D eigenvalue weighted by Crippen LogP contribution is -2.43. The summed E-state index contributed by atoms with van der Waals surface area (Å²) in [6, 6.07) is 4.67. The van der Waals surface area contributed by atoms with Crippen LogP contribution in [0.15, 0.2) is 30.6 Å². The summed E-state index contributed by atoms with van der Waals surface area (Å²) in [6.45, 7) is 6.84. The van der Waals surface area contributed by atoms with Gasteiger partial charge in [-0.05, 0) is 48.3 Å². The first-order valence-electron chi connectivity index (χ1n) is 11.4. The second-order valence-corrected chi connectivity index (χ2v) is 9.60. The van der Waals surface area contributed by atoms with Crippen LogP contribution in [0.2, 0.25) is 0 Å². The van der Waals surface area contributed by atoms with Crippen molar-refractivity contribution in [2.24, 2.45) is 5.41 Å². The number of aromatic nitrogens is 2. The van der Waals surface area contributed by atoms with E-state index in [1.807, 2.05) is 39.0 Å². The number of aromatic amines is 1. The Hall–Kier alpha value is -3.23. The van der Waals surface area contributed by atoms with Crippen molar-refractivity contribution in [2.75, 3.05) is 18.5 Å². The number of carboxylic acid groups (broad SMARTS) is 1. The van der Waals surface area contributed by atoms with Gasteiger partial charge < -0.3 is 30.2 Å². The molecule has 0 aliphatic carbocycles. The van der Waals surface area contributed by atoms with Crippen LogP contribution < -0.4 is 15.4 Å². The summed E-state index contributed by atoms with van der Waals surface area (Å²) in [7, 11) is 0. The first kappa shape index (κ1) is 24.4. The van der Waals surface area contributed by atoms with Crippen LogP contribution in [0.3, 0.4) is 0 Å². The van der Waals surface area contributed by atoms with Crippen molar-refractivity contribution < 1.29 is 24.2 Å². The van der Waals surface area contributed by atoms with Gasteiger partial charge in [0, 0.05) is 25.4 Å². The second kappa shape index (κ2) is 11.1. The van der Waals surface area contributed by atoms with E-state index in [-0.39, 0.29) is 24.5 Å². The molecule has 4 N–H and O–H groups in total. The Kier molecular flexibility index (Phi) is 8.19. The van der Waals surface area contributed by atoms with E-state index in [9.17, 15) is 14.7 Å². The van der Waals surface area contributed by atoms with Gasteiger partial charge in [0.25, 0.3) is 0 Å². The van der Waals surface area contributed by atoms with Gasteiger partial charge in [-0.1, -0.05) is 32.9 Å². The number of hydrogen-bond acceptors (Lipinski definition) is 6. The highest BCUT2D eigenvalue weighted by Gasteiger charge is 2.24. The molecule has 0 spiro atoms. The fourth-order valence-electron chi connectivity index (χ4n) is 3.63. The third kappa shape index (κ3) is 8.00. The number of hydrogen-bond donors (Lipinski definition) is 4. The van der Waals surface area contributed by atoms with Gasteiger partial charge in [0.05, 0.1) is 12.7 Å². The molecule has 0 saturated carbocycles. The highest BCUT2D eigenvalue weighted by atomic mass is 16.5. The van der Waals surface area contributed by atoms with Crippen molar-refractivity contribution in [1.29, 1.82) is 0 Å². The van der Waals surface area contributed by atoms with Crippen LogP contribution in [0.5, 0.6) is 5.75 Å². The number of carboxylic acids is 1. The molecule has 9 nitrogen and oxygen atoms in total. The number of ether oxygens (including phenoxy) is 2. The predicted octanol–water partition coefficient (Wildman–Crippen LogP) is 3.76. The summed E-state index contributed by atoms with van der Waals surface area (Å²) < 4.78 is 11.3. The van der Waals surface area contributed by atoms with Crippen LogP contribution in [0.25, 0.3) is 0 Å². The molecule has 2 atom stereocenters. The molecule has 2 aromatic rings.